The van der Waals surface area contributed by atoms with Gasteiger partial charge in [-0.05, 0) is 39.2 Å². The standard InChI is InChI=1S/C28H38N2O5Si/c1-28(2,3)35-27(33)29-22(19-20-13-9-7-10-14-20)25(31)30-23(26(32)34-4)17-18-24(30)36(5,6)21-15-11-8-12-16-21/h7-16,22-24H,17-19H2,1-6H3,(H,29,33)/t22-,23-,24+/m0/s1. The van der Waals surface area contributed by atoms with Gasteiger partial charge in [-0.25, -0.2) is 9.59 Å². The van der Waals surface area contributed by atoms with Gasteiger partial charge in [0.1, 0.15) is 25.8 Å². The second-order valence-electron chi connectivity index (χ2n) is 10.9. The highest BCUT2D eigenvalue weighted by Gasteiger charge is 2.50. The van der Waals surface area contributed by atoms with Crippen LogP contribution in [0.25, 0.3) is 0 Å². The van der Waals surface area contributed by atoms with E-state index in [1.807, 2.05) is 48.5 Å². The minimum atomic E-state index is -2.24. The van der Waals surface area contributed by atoms with Gasteiger partial charge < -0.3 is 19.7 Å². The zero-order valence-electron chi connectivity index (χ0n) is 22.1. The number of benzene rings is 2. The van der Waals surface area contributed by atoms with Gasteiger partial charge in [0.2, 0.25) is 5.91 Å². The Morgan fingerprint density at radius 2 is 1.58 bits per heavy atom. The van der Waals surface area contributed by atoms with Crippen LogP contribution in [0.15, 0.2) is 60.7 Å². The molecule has 0 bridgehead atoms. The van der Waals surface area contributed by atoms with E-state index in [2.05, 4.69) is 30.5 Å². The summed E-state index contributed by atoms with van der Waals surface area (Å²) in [6.07, 6.45) is 0.839. The average Bonchev–Trinajstić information content (AvgIpc) is 3.29. The first-order valence-electron chi connectivity index (χ1n) is 12.4. The first-order chi connectivity index (χ1) is 16.9. The van der Waals surface area contributed by atoms with Crippen molar-refractivity contribution in [3.8, 4) is 0 Å². The molecule has 1 aliphatic rings. The molecule has 194 valence electrons. The minimum Gasteiger partial charge on any atom is -0.467 e. The van der Waals surface area contributed by atoms with E-state index >= 15 is 0 Å². The molecule has 1 aliphatic heterocycles. The summed E-state index contributed by atoms with van der Waals surface area (Å²) >= 11 is 0. The summed E-state index contributed by atoms with van der Waals surface area (Å²) in [6, 6.07) is 18.1. The molecular weight excluding hydrogens is 472 g/mol. The predicted octanol–water partition coefficient (Wildman–Crippen LogP) is 3.81. The summed E-state index contributed by atoms with van der Waals surface area (Å²) < 4.78 is 10.6. The number of nitrogens with one attached hydrogen (secondary N) is 1. The van der Waals surface area contributed by atoms with Crippen LogP contribution in [0.4, 0.5) is 4.79 Å². The van der Waals surface area contributed by atoms with Crippen molar-refractivity contribution in [3.63, 3.8) is 0 Å². The molecule has 0 radical (unpaired) electrons. The quantitative estimate of drug-likeness (QED) is 0.452. The van der Waals surface area contributed by atoms with Crippen molar-refractivity contribution < 1.29 is 23.9 Å². The molecule has 1 saturated heterocycles. The molecule has 0 aromatic heterocycles. The molecule has 2 aromatic rings. The second-order valence-corrected chi connectivity index (χ2v) is 15.5. The summed E-state index contributed by atoms with van der Waals surface area (Å²) in [5.74, 6) is -0.724. The van der Waals surface area contributed by atoms with E-state index < -0.39 is 37.8 Å². The Kier molecular flexibility index (Phi) is 8.61. The average molecular weight is 511 g/mol. The summed E-state index contributed by atoms with van der Waals surface area (Å²) in [7, 11) is -0.890. The number of methoxy groups -OCH3 is 1. The van der Waals surface area contributed by atoms with Crippen molar-refractivity contribution in [2.45, 2.75) is 76.5 Å². The van der Waals surface area contributed by atoms with Gasteiger partial charge in [-0.2, -0.15) is 0 Å². The summed E-state index contributed by atoms with van der Waals surface area (Å²) in [4.78, 5) is 41.5. The number of alkyl carbamates (subject to hydrolysis) is 1. The number of esters is 1. The maximum Gasteiger partial charge on any atom is 0.408 e. The van der Waals surface area contributed by atoms with Gasteiger partial charge in [-0.15, -0.1) is 0 Å². The third kappa shape index (κ3) is 6.54. The fraction of sp³-hybridized carbons (Fsp3) is 0.464. The van der Waals surface area contributed by atoms with Crippen molar-refractivity contribution in [1.29, 1.82) is 0 Å². The van der Waals surface area contributed by atoms with Crippen LogP contribution in [0, 0.1) is 0 Å². The van der Waals surface area contributed by atoms with Crippen LogP contribution in [0.1, 0.15) is 39.2 Å². The van der Waals surface area contributed by atoms with Crippen LogP contribution < -0.4 is 10.5 Å². The number of likely N-dealkylation sites (tertiary alicyclic amines) is 1. The molecule has 3 atom stereocenters. The Morgan fingerprint density at radius 3 is 2.14 bits per heavy atom. The SMILES string of the molecule is COC(=O)[C@@H]1CC[C@@H]([Si](C)(C)c2ccccc2)N1C(=O)[C@H](Cc1ccccc1)NC(=O)OC(C)(C)C. The summed E-state index contributed by atoms with van der Waals surface area (Å²) in [6.45, 7) is 9.77. The smallest absolute Gasteiger partial charge is 0.408 e. The zero-order chi connectivity index (χ0) is 26.5. The number of ether oxygens (including phenoxy) is 2. The third-order valence-corrected chi connectivity index (χ3v) is 10.8. The van der Waals surface area contributed by atoms with Gasteiger partial charge in [-0.1, -0.05) is 78.9 Å². The normalized spacial score (nSPS) is 18.9. The fourth-order valence-electron chi connectivity index (χ4n) is 4.93. The highest BCUT2D eigenvalue weighted by molar-refractivity contribution is 6.91. The van der Waals surface area contributed by atoms with Crippen molar-refractivity contribution in [2.75, 3.05) is 7.11 Å². The van der Waals surface area contributed by atoms with E-state index in [-0.39, 0.29) is 18.0 Å². The molecule has 2 aromatic carbocycles. The van der Waals surface area contributed by atoms with Crippen LogP contribution >= 0.6 is 0 Å². The van der Waals surface area contributed by atoms with E-state index in [4.69, 9.17) is 9.47 Å². The zero-order valence-corrected chi connectivity index (χ0v) is 23.1. The number of carbonyl (C=O) groups excluding carboxylic acids is 3. The lowest BCUT2D eigenvalue weighted by Crippen LogP contribution is -2.64. The predicted molar refractivity (Wildman–Crippen MR) is 143 cm³/mol. The van der Waals surface area contributed by atoms with Crippen molar-refractivity contribution >= 4 is 31.2 Å². The van der Waals surface area contributed by atoms with E-state index in [9.17, 15) is 14.4 Å². The maximum absolute atomic E-state index is 14.2. The van der Waals surface area contributed by atoms with Crippen molar-refractivity contribution in [2.24, 2.45) is 0 Å². The number of carbonyl (C=O) groups is 3. The molecule has 0 spiro atoms. The Labute approximate surface area is 215 Å². The van der Waals surface area contributed by atoms with Gasteiger partial charge in [0.05, 0.1) is 7.11 Å². The molecule has 1 heterocycles. The first kappa shape index (κ1) is 27.5. The van der Waals surface area contributed by atoms with E-state index in [1.54, 1.807) is 25.7 Å². The van der Waals surface area contributed by atoms with Crippen LogP contribution in [-0.2, 0) is 25.5 Å². The lowest BCUT2D eigenvalue weighted by Gasteiger charge is -2.40. The van der Waals surface area contributed by atoms with E-state index in [0.29, 0.717) is 12.8 Å². The maximum atomic E-state index is 14.2. The molecule has 8 heteroatoms. The Morgan fingerprint density at radius 1 is 1.00 bits per heavy atom. The van der Waals surface area contributed by atoms with Crippen LogP contribution in [0.3, 0.4) is 0 Å². The number of hydrogen-bond donors (Lipinski definition) is 1. The molecule has 3 rings (SSSR count). The lowest BCUT2D eigenvalue weighted by molar-refractivity contribution is -0.152. The Bertz CT molecular complexity index is 1050. The Balaban J connectivity index is 1.99. The molecule has 7 nitrogen and oxygen atoms in total. The van der Waals surface area contributed by atoms with E-state index in [1.165, 1.54) is 12.3 Å². The van der Waals surface area contributed by atoms with Gasteiger partial charge >= 0.3 is 12.1 Å². The summed E-state index contributed by atoms with van der Waals surface area (Å²) in [5.41, 5.74) is 0.0595. The largest absolute Gasteiger partial charge is 0.467 e. The molecule has 0 aliphatic carbocycles. The molecule has 36 heavy (non-hydrogen) atoms. The van der Waals surface area contributed by atoms with Crippen LogP contribution in [0.2, 0.25) is 13.1 Å². The van der Waals surface area contributed by atoms with Gasteiger partial charge in [0, 0.05) is 12.1 Å². The molecule has 2 amide bonds. The topological polar surface area (TPSA) is 84.9 Å². The lowest BCUT2D eigenvalue weighted by atomic mass is 10.0. The Hall–Kier alpha value is -3.13. The van der Waals surface area contributed by atoms with Crippen molar-refractivity contribution in [3.05, 3.63) is 66.2 Å². The van der Waals surface area contributed by atoms with Crippen LogP contribution in [0.5, 0.6) is 0 Å². The molecule has 0 saturated carbocycles. The number of nitrogens with zero attached hydrogens (tertiary/aromatic N) is 1. The third-order valence-electron chi connectivity index (χ3n) is 6.74. The molecule has 0 unspecified atom stereocenters. The fourth-order valence-corrected chi connectivity index (χ4v) is 8.26. The first-order valence-corrected chi connectivity index (χ1v) is 15.5. The number of rotatable bonds is 7. The van der Waals surface area contributed by atoms with Gasteiger partial charge in [0.25, 0.3) is 0 Å². The highest BCUT2D eigenvalue weighted by Crippen LogP contribution is 2.32. The highest BCUT2D eigenvalue weighted by atomic mass is 28.3. The monoisotopic (exact) mass is 510 g/mol. The van der Waals surface area contributed by atoms with Crippen molar-refractivity contribution in [1.82, 2.24) is 10.2 Å². The summed E-state index contributed by atoms with van der Waals surface area (Å²) in [5, 5.41) is 4.01. The second kappa shape index (κ2) is 11.3. The number of hydrogen-bond acceptors (Lipinski definition) is 5. The molecule has 1 fully saturated rings. The number of amides is 2. The van der Waals surface area contributed by atoms with Crippen LogP contribution in [-0.4, -0.2) is 61.4 Å². The van der Waals surface area contributed by atoms with Gasteiger partial charge in [0.15, 0.2) is 0 Å². The minimum absolute atomic E-state index is 0.129. The van der Waals surface area contributed by atoms with Gasteiger partial charge in [-0.3, -0.25) is 4.79 Å². The molecular formula is C28H38N2O5Si. The molecule has 1 N–H and O–H groups in total. The van der Waals surface area contributed by atoms with E-state index in [0.717, 1.165) is 5.56 Å².